The molecule has 0 saturated carbocycles. The molecule has 0 bridgehead atoms. The normalized spacial score (nSPS) is 6.00. The molecule has 0 rings (SSSR count). The fourth-order valence-electron chi connectivity index (χ4n) is 0. The Labute approximate surface area is 24.1 Å². The highest BCUT2D eigenvalue weighted by atomic mass is 14.9. The molecule has 3 N–H and O–H groups in total. The fraction of sp³-hybridized carbons (Fsp3) is 0. The zero-order valence-corrected chi connectivity index (χ0v) is 2.02. The van der Waals surface area contributed by atoms with Crippen molar-refractivity contribution in [2.75, 3.05) is 0 Å². The third kappa shape index (κ3) is 0.174. The predicted octanol–water partition coefficient (Wildman–Crippen LogP) is -1.05. The number of hydrogen-bond acceptors (Lipinski definition) is 1. The zero-order valence-electron chi connectivity index (χ0n) is 2.02. The van der Waals surface area contributed by atoms with Gasteiger partial charge in [-0.2, -0.15) is 0 Å². The molecule has 3 nitrogen and oxygen atoms in total. The molecule has 0 aromatic rings. The summed E-state index contributed by atoms with van der Waals surface area (Å²) < 4.78 is 0. The number of rotatable bonds is 0. The van der Waals surface area contributed by atoms with Gasteiger partial charge in [-0.15, -0.1) is 5.73 Å². The molecule has 2 radical (unpaired) electrons. The summed E-state index contributed by atoms with van der Waals surface area (Å²) in [5, 5.41) is 5.83. The van der Waals surface area contributed by atoms with Gasteiger partial charge in [-0.25, -0.2) is 0 Å². The molecule has 0 aliphatic carbocycles. The Morgan fingerprint density at radius 1 is 2.00 bits per heavy atom. The van der Waals surface area contributed by atoms with Gasteiger partial charge in [0.05, 0.1) is 0 Å². The average Bonchev–Trinajstić information content (AvgIpc) is 0.811. The maximum absolute atomic E-state index is 7.42. The number of nitrogens with two attached hydrogens (primary N) is 1. The lowest BCUT2D eigenvalue weighted by Crippen LogP contribution is -2.08. The van der Waals surface area contributed by atoms with Crippen molar-refractivity contribution in [3.63, 3.8) is 0 Å². The van der Waals surface area contributed by atoms with Gasteiger partial charge in [-0.3, -0.25) is 5.41 Å². The minimum atomic E-state index is -0.833. The van der Waals surface area contributed by atoms with E-state index >= 15 is 0 Å². The van der Waals surface area contributed by atoms with Crippen molar-refractivity contribution in [2.24, 2.45) is 5.73 Å². The van der Waals surface area contributed by atoms with Gasteiger partial charge in [0.1, 0.15) is 0 Å². The third-order valence-corrected chi connectivity index (χ3v) is 0. The highest BCUT2D eigenvalue weighted by Gasteiger charge is 1.60. The van der Waals surface area contributed by atoms with Gasteiger partial charge < -0.3 is 5.73 Å². The second-order valence-corrected chi connectivity index (χ2v) is 0.385. The van der Waals surface area contributed by atoms with Gasteiger partial charge in [0.25, 0.3) is 0 Å². The van der Waals surface area contributed by atoms with E-state index in [1.54, 1.807) is 0 Å². The number of guanidine groups is 1. The first-order valence-electron chi connectivity index (χ1n) is 0.762. The quantitative estimate of drug-likeness (QED) is 0.270. The molecular formula is CH3N3. The van der Waals surface area contributed by atoms with Crippen molar-refractivity contribution in [3.8, 4) is 0 Å². The maximum atomic E-state index is 7.42. The van der Waals surface area contributed by atoms with Crippen molar-refractivity contribution in [3.05, 3.63) is 0 Å². The Bertz CT molecular complexity index is 26.3. The van der Waals surface area contributed by atoms with Crippen LogP contribution >= 0.6 is 0 Å². The molecule has 22 valence electrons. The molecule has 0 saturated heterocycles. The van der Waals surface area contributed by atoms with Crippen molar-refractivity contribution in [2.45, 2.75) is 0 Å². The number of nitrogens with zero attached hydrogens (tertiary/aromatic N) is 1. The Kier molecular flexibility index (Phi) is 0.581. The summed E-state index contributed by atoms with van der Waals surface area (Å²) in [4.78, 5) is 0. The lowest BCUT2D eigenvalue weighted by atomic mass is 11.1. The Morgan fingerprint density at radius 2 is 2.00 bits per heavy atom. The molecule has 0 heterocycles. The molecule has 0 spiro atoms. The summed E-state index contributed by atoms with van der Waals surface area (Å²) >= 11 is 0. The summed E-state index contributed by atoms with van der Waals surface area (Å²) in [6.07, 6.45) is 0. The van der Waals surface area contributed by atoms with Gasteiger partial charge >= 0.3 is 0 Å². The predicted molar refractivity (Wildman–Crippen MR) is 14.0 cm³/mol. The third-order valence-electron chi connectivity index (χ3n) is 0. The Hall–Kier alpha value is -0.730. The second kappa shape index (κ2) is 0.711. The summed E-state index contributed by atoms with van der Waals surface area (Å²) in [5.41, 5.74) is 11.7. The number of nitrogens with one attached hydrogen (secondary N) is 1. The van der Waals surface area contributed by atoms with E-state index in [4.69, 9.17) is 11.1 Å². The molecule has 0 aliphatic rings. The van der Waals surface area contributed by atoms with Gasteiger partial charge in [-0.1, -0.05) is 0 Å². The van der Waals surface area contributed by atoms with Crippen LogP contribution in [0.2, 0.25) is 0 Å². The monoisotopic (exact) mass is 57.0 g/mol. The molecule has 3 heteroatoms. The zero-order chi connectivity index (χ0) is 3.58. The molecule has 0 aromatic carbocycles. The van der Waals surface area contributed by atoms with Gasteiger partial charge in [0, 0.05) is 0 Å². The highest BCUT2D eigenvalue weighted by molar-refractivity contribution is 5.70. The van der Waals surface area contributed by atoms with E-state index in [9.17, 15) is 0 Å². The van der Waals surface area contributed by atoms with Gasteiger partial charge in [0.15, 0.2) is 0 Å². The van der Waals surface area contributed by atoms with Crippen LogP contribution in [0.3, 0.4) is 0 Å². The van der Waals surface area contributed by atoms with E-state index in [1.165, 1.54) is 0 Å². The van der Waals surface area contributed by atoms with Crippen molar-refractivity contribution >= 4 is 5.96 Å². The fourth-order valence-corrected chi connectivity index (χ4v) is 0. The van der Waals surface area contributed by atoms with E-state index in [1.807, 2.05) is 0 Å². The Morgan fingerprint density at radius 3 is 2.00 bits per heavy atom. The molecule has 0 atom stereocenters. The lowest BCUT2D eigenvalue weighted by molar-refractivity contribution is 1.36. The first-order valence-corrected chi connectivity index (χ1v) is 0.762. The minimum absolute atomic E-state index is 0.833. The number of hydrogen-bond donors (Lipinski definition) is 2. The van der Waals surface area contributed by atoms with Crippen LogP contribution in [-0.2, 0) is 0 Å². The van der Waals surface area contributed by atoms with Crippen molar-refractivity contribution in [1.29, 1.82) is 5.41 Å². The smallest absolute Gasteiger partial charge is 0.232 e. The van der Waals surface area contributed by atoms with Crippen LogP contribution in [0.25, 0.3) is 0 Å². The molecule has 4 heavy (non-hydrogen) atoms. The first-order chi connectivity index (χ1) is 1.73. The van der Waals surface area contributed by atoms with Crippen molar-refractivity contribution in [1.82, 2.24) is 5.73 Å². The van der Waals surface area contributed by atoms with Crippen LogP contribution in [0.1, 0.15) is 0 Å². The van der Waals surface area contributed by atoms with Crippen LogP contribution in [0, 0.1) is 5.41 Å². The summed E-state index contributed by atoms with van der Waals surface area (Å²) in [7, 11) is 0. The largest absolute Gasteiger partial charge is 0.367 e. The van der Waals surface area contributed by atoms with Crippen molar-refractivity contribution < 1.29 is 0 Å². The molecular weight excluding hydrogens is 54.0 g/mol. The van der Waals surface area contributed by atoms with Crippen LogP contribution < -0.4 is 11.5 Å². The maximum Gasteiger partial charge on any atom is 0.232 e. The molecule has 0 aliphatic heterocycles. The Balaban J connectivity index is 2.80. The average molecular weight is 57.1 g/mol. The summed E-state index contributed by atoms with van der Waals surface area (Å²) in [6.45, 7) is 0. The summed E-state index contributed by atoms with van der Waals surface area (Å²) in [6, 6.07) is 0. The first kappa shape index (κ1) is 3.27. The van der Waals surface area contributed by atoms with E-state index in [0.717, 1.165) is 0 Å². The van der Waals surface area contributed by atoms with Crippen LogP contribution in [0.15, 0.2) is 0 Å². The van der Waals surface area contributed by atoms with Crippen LogP contribution in [-0.4, -0.2) is 5.96 Å². The second-order valence-electron chi connectivity index (χ2n) is 0.385. The van der Waals surface area contributed by atoms with E-state index in [0.29, 0.717) is 0 Å². The molecule has 0 aromatic heterocycles. The highest BCUT2D eigenvalue weighted by Crippen LogP contribution is 1.21. The molecule has 0 unspecified atom stereocenters. The van der Waals surface area contributed by atoms with Gasteiger partial charge in [-0.05, 0) is 0 Å². The molecule has 0 fully saturated rings. The SMILES string of the molecule is [N]C(=N)N. The standard InChI is InChI=1S/CH3N3/c2-1(3)4/h(H3,2,3). The van der Waals surface area contributed by atoms with E-state index in [2.05, 4.69) is 5.73 Å². The minimum Gasteiger partial charge on any atom is -0.367 e. The summed E-state index contributed by atoms with van der Waals surface area (Å²) in [5.74, 6) is -0.833. The van der Waals surface area contributed by atoms with Gasteiger partial charge in [0.2, 0.25) is 5.96 Å². The van der Waals surface area contributed by atoms with Crippen LogP contribution in [0.5, 0.6) is 0 Å². The van der Waals surface area contributed by atoms with E-state index < -0.39 is 5.96 Å². The van der Waals surface area contributed by atoms with Crippen LogP contribution in [0.4, 0.5) is 0 Å². The molecule has 0 amide bonds. The van der Waals surface area contributed by atoms with E-state index in [-0.39, 0.29) is 0 Å². The lowest BCUT2D eigenvalue weighted by Gasteiger charge is -1.61. The topological polar surface area (TPSA) is 72.2 Å².